The van der Waals surface area contributed by atoms with Gasteiger partial charge in [0, 0.05) is 22.0 Å². The Kier molecular flexibility index (Phi) is 6.90. The molecule has 0 spiro atoms. The lowest BCUT2D eigenvalue weighted by Crippen LogP contribution is -2.11. The van der Waals surface area contributed by atoms with Gasteiger partial charge in [-0.1, -0.05) is 152 Å². The minimum atomic E-state index is 0.866. The van der Waals surface area contributed by atoms with Gasteiger partial charge in [0.25, 0.3) is 0 Å². The Hall–Kier alpha value is -7.16. The predicted molar refractivity (Wildman–Crippen MR) is 229 cm³/mol. The maximum absolute atomic E-state index is 6.73. The van der Waals surface area contributed by atoms with Crippen molar-refractivity contribution in [1.82, 2.24) is 0 Å². The fourth-order valence-electron chi connectivity index (χ4n) is 8.47. The van der Waals surface area contributed by atoms with Gasteiger partial charge in [-0.3, -0.25) is 0 Å². The monoisotopic (exact) mass is 687 g/mol. The van der Waals surface area contributed by atoms with Crippen LogP contribution in [-0.2, 0) is 0 Å². The van der Waals surface area contributed by atoms with Crippen LogP contribution in [0.2, 0.25) is 0 Å². The molecule has 0 aliphatic heterocycles. The average Bonchev–Trinajstić information content (AvgIpc) is 3.64. The summed E-state index contributed by atoms with van der Waals surface area (Å²) in [7, 11) is 0. The van der Waals surface area contributed by atoms with Crippen LogP contribution in [0.1, 0.15) is 0 Å². The molecule has 0 aliphatic rings. The van der Waals surface area contributed by atoms with E-state index in [1.165, 1.54) is 54.4 Å². The second kappa shape index (κ2) is 12.2. The summed E-state index contributed by atoms with van der Waals surface area (Å²) < 4.78 is 6.73. The van der Waals surface area contributed by atoms with Crippen molar-refractivity contribution in [2.24, 2.45) is 0 Å². The Morgan fingerprint density at radius 3 is 1.81 bits per heavy atom. The van der Waals surface area contributed by atoms with Crippen molar-refractivity contribution >= 4 is 82.1 Å². The van der Waals surface area contributed by atoms with E-state index >= 15 is 0 Å². The van der Waals surface area contributed by atoms with Crippen molar-refractivity contribution in [3.63, 3.8) is 0 Å². The average molecular weight is 688 g/mol. The van der Waals surface area contributed by atoms with Crippen molar-refractivity contribution in [2.45, 2.75) is 0 Å². The highest BCUT2D eigenvalue weighted by Crippen LogP contribution is 2.48. The third-order valence-electron chi connectivity index (χ3n) is 11.0. The number of rotatable bonds is 5. The first-order valence-electron chi connectivity index (χ1n) is 18.5. The van der Waals surface area contributed by atoms with Crippen LogP contribution in [0.15, 0.2) is 205 Å². The van der Waals surface area contributed by atoms with Crippen LogP contribution in [0.3, 0.4) is 0 Å². The first kappa shape index (κ1) is 30.5. The zero-order chi connectivity index (χ0) is 35.6. The van der Waals surface area contributed by atoms with E-state index in [2.05, 4.69) is 205 Å². The van der Waals surface area contributed by atoms with Crippen LogP contribution in [0.5, 0.6) is 0 Å². The Morgan fingerprint density at radius 2 is 0.963 bits per heavy atom. The standard InChI is InChI=1S/C52H33NO/c1-2-14-37-32-38(25-24-34(37)12-1)35-26-29-40(30-27-35)53(49-22-11-23-50-51(49)46-31-28-36-13-3-6-17-42(36)52(46)54-50)48-21-10-9-20-45(48)47-33-39-15-4-5-16-41(39)43-18-7-8-19-44(43)47/h1-33H. The molecule has 0 saturated heterocycles. The number of anilines is 3. The normalized spacial score (nSPS) is 11.7. The Bertz CT molecular complexity index is 3230. The summed E-state index contributed by atoms with van der Waals surface area (Å²) in [6.07, 6.45) is 0. The summed E-state index contributed by atoms with van der Waals surface area (Å²) in [5, 5.41) is 11.9. The van der Waals surface area contributed by atoms with Gasteiger partial charge < -0.3 is 9.32 Å². The maximum atomic E-state index is 6.73. The number of hydrogen-bond acceptors (Lipinski definition) is 2. The van der Waals surface area contributed by atoms with Crippen LogP contribution in [0.25, 0.3) is 87.3 Å². The lowest BCUT2D eigenvalue weighted by atomic mass is 9.92. The Labute approximate surface area is 312 Å². The highest BCUT2D eigenvalue weighted by molar-refractivity contribution is 6.20. The maximum Gasteiger partial charge on any atom is 0.143 e. The van der Waals surface area contributed by atoms with Crippen molar-refractivity contribution in [3.8, 4) is 22.3 Å². The first-order valence-corrected chi connectivity index (χ1v) is 18.5. The molecule has 1 heterocycles. The number of para-hydroxylation sites is 1. The summed E-state index contributed by atoms with van der Waals surface area (Å²) in [6.45, 7) is 0. The molecule has 1 aromatic heterocycles. The largest absolute Gasteiger partial charge is 0.455 e. The van der Waals surface area contributed by atoms with Crippen molar-refractivity contribution < 1.29 is 4.42 Å². The summed E-state index contributed by atoms with van der Waals surface area (Å²) in [6, 6.07) is 72.3. The quantitative estimate of drug-likeness (QED) is 0.168. The van der Waals surface area contributed by atoms with E-state index in [1.54, 1.807) is 0 Å². The fraction of sp³-hybridized carbons (Fsp3) is 0. The number of nitrogens with zero attached hydrogens (tertiary/aromatic N) is 1. The predicted octanol–water partition coefficient (Wildman–Crippen LogP) is 15.0. The lowest BCUT2D eigenvalue weighted by molar-refractivity contribution is 0.672. The van der Waals surface area contributed by atoms with E-state index in [4.69, 9.17) is 4.42 Å². The molecule has 0 saturated carbocycles. The summed E-state index contributed by atoms with van der Waals surface area (Å²) in [4.78, 5) is 2.43. The van der Waals surface area contributed by atoms with E-state index < -0.39 is 0 Å². The SMILES string of the molecule is c1ccc(N(c2ccc(-c3ccc4ccccc4c3)cc2)c2cccc3oc4c5ccccc5ccc4c23)c(-c2cc3ccccc3c3ccccc23)c1. The zero-order valence-corrected chi connectivity index (χ0v) is 29.4. The lowest BCUT2D eigenvalue weighted by Gasteiger charge is -2.29. The highest BCUT2D eigenvalue weighted by atomic mass is 16.3. The van der Waals surface area contributed by atoms with E-state index in [9.17, 15) is 0 Å². The molecule has 0 bridgehead atoms. The van der Waals surface area contributed by atoms with Crippen molar-refractivity contribution in [1.29, 1.82) is 0 Å². The third kappa shape index (κ3) is 4.81. The van der Waals surface area contributed by atoms with Crippen LogP contribution < -0.4 is 4.90 Å². The van der Waals surface area contributed by atoms with Gasteiger partial charge in [0.2, 0.25) is 0 Å². The highest BCUT2D eigenvalue weighted by Gasteiger charge is 2.23. The first-order chi connectivity index (χ1) is 26.8. The molecule has 0 aliphatic carbocycles. The van der Waals surface area contributed by atoms with E-state index in [0.29, 0.717) is 0 Å². The zero-order valence-electron chi connectivity index (χ0n) is 29.4. The number of furan rings is 1. The van der Waals surface area contributed by atoms with Crippen molar-refractivity contribution in [2.75, 3.05) is 4.90 Å². The molecule has 0 fully saturated rings. The molecule has 0 amide bonds. The molecule has 2 heteroatoms. The molecule has 0 unspecified atom stereocenters. The molecule has 2 nitrogen and oxygen atoms in total. The molecule has 252 valence electrons. The molecule has 11 rings (SSSR count). The van der Waals surface area contributed by atoms with Gasteiger partial charge in [-0.15, -0.1) is 0 Å². The molecule has 0 N–H and O–H groups in total. The van der Waals surface area contributed by atoms with Gasteiger partial charge in [0.15, 0.2) is 0 Å². The van der Waals surface area contributed by atoms with E-state index in [1.807, 2.05) is 0 Å². The van der Waals surface area contributed by atoms with Gasteiger partial charge in [-0.25, -0.2) is 0 Å². The summed E-state index contributed by atoms with van der Waals surface area (Å²) in [5.74, 6) is 0. The van der Waals surface area contributed by atoms with Crippen LogP contribution in [0.4, 0.5) is 17.1 Å². The molecule has 54 heavy (non-hydrogen) atoms. The van der Waals surface area contributed by atoms with Gasteiger partial charge in [-0.05, 0) is 103 Å². The Balaban J connectivity index is 1.17. The second-order valence-electron chi connectivity index (χ2n) is 14.1. The van der Waals surface area contributed by atoms with Gasteiger partial charge >= 0.3 is 0 Å². The molecule has 0 radical (unpaired) electrons. The van der Waals surface area contributed by atoms with Crippen LogP contribution in [0, 0.1) is 0 Å². The van der Waals surface area contributed by atoms with Gasteiger partial charge in [0.1, 0.15) is 11.2 Å². The number of hydrogen-bond donors (Lipinski definition) is 0. The fourth-order valence-corrected chi connectivity index (χ4v) is 8.47. The van der Waals surface area contributed by atoms with Crippen LogP contribution in [-0.4, -0.2) is 0 Å². The minimum Gasteiger partial charge on any atom is -0.455 e. The molecular formula is C52H33NO. The Morgan fingerprint density at radius 1 is 0.333 bits per heavy atom. The van der Waals surface area contributed by atoms with Gasteiger partial charge in [0.05, 0.1) is 16.8 Å². The number of benzene rings is 10. The smallest absolute Gasteiger partial charge is 0.143 e. The van der Waals surface area contributed by atoms with Gasteiger partial charge in [-0.2, -0.15) is 0 Å². The number of fused-ring (bicyclic) bond motifs is 9. The summed E-state index contributed by atoms with van der Waals surface area (Å²) >= 11 is 0. The second-order valence-corrected chi connectivity index (χ2v) is 14.1. The van der Waals surface area contributed by atoms with E-state index in [-0.39, 0.29) is 0 Å². The molecule has 11 aromatic rings. The summed E-state index contributed by atoms with van der Waals surface area (Å²) in [5.41, 5.74) is 9.75. The van der Waals surface area contributed by atoms with E-state index in [0.717, 1.165) is 50.0 Å². The molecule has 10 aromatic carbocycles. The van der Waals surface area contributed by atoms with Crippen LogP contribution >= 0.6 is 0 Å². The molecular weight excluding hydrogens is 655 g/mol. The third-order valence-corrected chi connectivity index (χ3v) is 11.0. The molecule has 0 atom stereocenters. The topological polar surface area (TPSA) is 16.4 Å². The van der Waals surface area contributed by atoms with Crippen molar-refractivity contribution in [3.05, 3.63) is 200 Å². The minimum absolute atomic E-state index is 0.866.